The summed E-state index contributed by atoms with van der Waals surface area (Å²) in [4.78, 5) is 26.2. The molecule has 11 heteroatoms. The van der Waals surface area contributed by atoms with Gasteiger partial charge >= 0.3 is 6.03 Å². The quantitative estimate of drug-likeness (QED) is 0.669. The lowest BCUT2D eigenvalue weighted by Crippen LogP contribution is -2.37. The molecule has 0 radical (unpaired) electrons. The number of benzene rings is 1. The molecule has 168 valence electrons. The highest BCUT2D eigenvalue weighted by molar-refractivity contribution is 7.90. The maximum Gasteiger partial charge on any atom is 0.333 e. The predicted octanol–water partition coefficient (Wildman–Crippen LogP) is 3.59. The van der Waals surface area contributed by atoms with Crippen LogP contribution in [0.15, 0.2) is 29.4 Å². The molecule has 2 N–H and O–H groups in total. The molecular formula is C20H26ClN5O4S. The van der Waals surface area contributed by atoms with Crippen molar-refractivity contribution >= 4 is 39.2 Å². The first-order valence-corrected chi connectivity index (χ1v) is 11.4. The molecule has 0 fully saturated rings. The Morgan fingerprint density at radius 3 is 2.10 bits per heavy atom. The van der Waals surface area contributed by atoms with Crippen LogP contribution >= 0.6 is 11.6 Å². The van der Waals surface area contributed by atoms with E-state index in [4.69, 9.17) is 11.6 Å². The molecule has 2 aromatic rings. The van der Waals surface area contributed by atoms with Gasteiger partial charge in [-0.2, -0.15) is 13.5 Å². The highest BCUT2D eigenvalue weighted by Crippen LogP contribution is 2.35. The van der Waals surface area contributed by atoms with E-state index in [1.807, 2.05) is 32.4 Å². The summed E-state index contributed by atoms with van der Waals surface area (Å²) < 4.78 is 27.5. The summed E-state index contributed by atoms with van der Waals surface area (Å²) in [6.07, 6.45) is 1.20. The van der Waals surface area contributed by atoms with Crippen molar-refractivity contribution in [3.63, 3.8) is 0 Å². The third-order valence-corrected chi connectivity index (χ3v) is 5.93. The number of amides is 3. The molecule has 9 nitrogen and oxygen atoms in total. The molecule has 0 aliphatic carbocycles. The number of nitrogens with one attached hydrogen (secondary N) is 2. The predicted molar refractivity (Wildman–Crippen MR) is 119 cm³/mol. The normalized spacial score (nSPS) is 11.5. The molecule has 0 bridgehead atoms. The molecule has 1 aromatic carbocycles. The lowest BCUT2D eigenvalue weighted by atomic mass is 9.92. The van der Waals surface area contributed by atoms with Crippen LogP contribution < -0.4 is 10.0 Å². The number of carbonyl (C=O) groups is 2. The Hall–Kier alpha value is -2.72. The Labute approximate surface area is 187 Å². The third-order valence-electron chi connectivity index (χ3n) is 4.45. The summed E-state index contributed by atoms with van der Waals surface area (Å²) in [6.45, 7) is 7.76. The number of anilines is 1. The van der Waals surface area contributed by atoms with Crippen LogP contribution in [0.4, 0.5) is 10.5 Å². The van der Waals surface area contributed by atoms with Crippen molar-refractivity contribution in [3.8, 4) is 0 Å². The molecule has 0 unspecified atom stereocenters. The van der Waals surface area contributed by atoms with E-state index in [2.05, 4.69) is 15.5 Å². The number of hydrogen-bond acceptors (Lipinski definition) is 6. The Kier molecular flexibility index (Phi) is 7.61. The van der Waals surface area contributed by atoms with E-state index < -0.39 is 27.0 Å². The minimum Gasteiger partial charge on any atom is -0.345 e. The first kappa shape index (κ1) is 24.5. The van der Waals surface area contributed by atoms with E-state index in [1.165, 1.54) is 31.3 Å². The van der Waals surface area contributed by atoms with Crippen molar-refractivity contribution < 1.29 is 18.0 Å². The summed E-state index contributed by atoms with van der Waals surface area (Å²) in [7, 11) is -1.53. The third kappa shape index (κ3) is 5.71. The second-order valence-electron chi connectivity index (χ2n) is 7.78. The highest BCUT2D eigenvalue weighted by Gasteiger charge is 2.28. The molecule has 0 spiro atoms. The van der Waals surface area contributed by atoms with Gasteiger partial charge in [0.15, 0.2) is 0 Å². The van der Waals surface area contributed by atoms with Crippen LogP contribution in [0.2, 0.25) is 5.02 Å². The van der Waals surface area contributed by atoms with Crippen molar-refractivity contribution in [2.24, 2.45) is 0 Å². The number of urea groups is 1. The van der Waals surface area contributed by atoms with E-state index in [0.717, 1.165) is 11.1 Å². The second kappa shape index (κ2) is 9.61. The van der Waals surface area contributed by atoms with Crippen molar-refractivity contribution in [3.05, 3.63) is 46.1 Å². The van der Waals surface area contributed by atoms with Gasteiger partial charge in [-0.05, 0) is 41.2 Å². The average Bonchev–Trinajstić information content (AvgIpc) is 2.67. The van der Waals surface area contributed by atoms with Gasteiger partial charge in [0.2, 0.25) is 5.03 Å². The first-order valence-electron chi connectivity index (χ1n) is 9.55. The lowest BCUT2D eigenvalue weighted by Gasteiger charge is -2.21. The van der Waals surface area contributed by atoms with Crippen LogP contribution in [0.3, 0.4) is 0 Å². The Morgan fingerprint density at radius 2 is 1.61 bits per heavy atom. The van der Waals surface area contributed by atoms with Gasteiger partial charge in [-0.1, -0.05) is 39.3 Å². The van der Waals surface area contributed by atoms with Gasteiger partial charge in [0.1, 0.15) is 0 Å². The summed E-state index contributed by atoms with van der Waals surface area (Å²) in [5.74, 6) is -0.544. The van der Waals surface area contributed by atoms with Gasteiger partial charge in [0, 0.05) is 24.8 Å². The zero-order valence-electron chi connectivity index (χ0n) is 18.2. The van der Waals surface area contributed by atoms with Crippen LogP contribution in [0.25, 0.3) is 0 Å². The van der Waals surface area contributed by atoms with Gasteiger partial charge in [-0.3, -0.25) is 4.79 Å². The number of sulfonamides is 1. The SMILES string of the molecule is CC(C)c1cc(Cl)cc(C(C)C)c1NC(=O)NS(=O)(=O)c1nnccc1C(=O)N(C)C. The molecule has 0 aliphatic rings. The van der Waals surface area contributed by atoms with E-state index in [9.17, 15) is 18.0 Å². The maximum absolute atomic E-state index is 12.8. The summed E-state index contributed by atoms with van der Waals surface area (Å²) in [5.41, 5.74) is 1.84. The molecule has 0 saturated carbocycles. The first-order chi connectivity index (χ1) is 14.3. The smallest absolute Gasteiger partial charge is 0.333 e. The van der Waals surface area contributed by atoms with Crippen LogP contribution in [0.5, 0.6) is 0 Å². The highest BCUT2D eigenvalue weighted by atomic mass is 35.5. The van der Waals surface area contributed by atoms with Crippen LogP contribution in [0.1, 0.15) is 61.0 Å². The zero-order chi connectivity index (χ0) is 23.5. The molecule has 3 amide bonds. The molecule has 1 aromatic heterocycles. The van der Waals surface area contributed by atoms with Crippen molar-refractivity contribution in [2.75, 3.05) is 19.4 Å². The zero-order valence-corrected chi connectivity index (χ0v) is 19.8. The molecule has 1 heterocycles. The lowest BCUT2D eigenvalue weighted by molar-refractivity contribution is 0.0822. The van der Waals surface area contributed by atoms with E-state index >= 15 is 0 Å². The minimum absolute atomic E-state index is 0.0208. The van der Waals surface area contributed by atoms with Crippen molar-refractivity contribution in [1.82, 2.24) is 19.8 Å². The van der Waals surface area contributed by atoms with E-state index in [-0.39, 0.29) is 17.4 Å². The molecule has 0 saturated heterocycles. The second-order valence-corrected chi connectivity index (χ2v) is 9.81. The Bertz CT molecular complexity index is 1070. The number of carbonyl (C=O) groups excluding carboxylic acids is 2. The number of aromatic nitrogens is 2. The van der Waals surface area contributed by atoms with Crippen molar-refractivity contribution in [1.29, 1.82) is 0 Å². The summed E-state index contributed by atoms with van der Waals surface area (Å²) in [5, 5.41) is 9.64. The maximum atomic E-state index is 12.8. The Balaban J connectivity index is 2.41. The molecule has 0 aliphatic heterocycles. The van der Waals surface area contributed by atoms with E-state index in [1.54, 1.807) is 12.1 Å². The number of nitrogens with zero attached hydrogens (tertiary/aromatic N) is 3. The fraction of sp³-hybridized carbons (Fsp3) is 0.400. The molecule has 2 rings (SSSR count). The van der Waals surface area contributed by atoms with Crippen LogP contribution in [0, 0.1) is 0 Å². The van der Waals surface area contributed by atoms with Crippen molar-refractivity contribution in [2.45, 2.75) is 44.6 Å². The van der Waals surface area contributed by atoms with Crippen LogP contribution in [-0.2, 0) is 10.0 Å². The standard InChI is InChI=1S/C20H26ClN5O4S/c1-11(2)15-9-13(21)10-16(12(3)4)17(15)23-20(28)25-31(29,30)18-14(7-8-22-24-18)19(27)26(5)6/h7-12H,1-6H3,(H2,23,25,28). The van der Waals surface area contributed by atoms with Gasteiger partial charge in [-0.15, -0.1) is 5.10 Å². The number of hydrogen-bond donors (Lipinski definition) is 2. The summed E-state index contributed by atoms with van der Waals surface area (Å²) in [6, 6.07) is 3.71. The van der Waals surface area contributed by atoms with Gasteiger partial charge in [-0.25, -0.2) is 9.52 Å². The van der Waals surface area contributed by atoms with Gasteiger partial charge in [0.05, 0.1) is 11.8 Å². The topological polar surface area (TPSA) is 121 Å². The van der Waals surface area contributed by atoms with Gasteiger partial charge < -0.3 is 10.2 Å². The number of rotatable bonds is 6. The largest absolute Gasteiger partial charge is 0.345 e. The molecular weight excluding hydrogens is 442 g/mol. The number of halogens is 1. The molecule has 31 heavy (non-hydrogen) atoms. The monoisotopic (exact) mass is 467 g/mol. The fourth-order valence-corrected chi connectivity index (χ4v) is 4.16. The molecule has 0 atom stereocenters. The van der Waals surface area contributed by atoms with Crippen LogP contribution in [-0.4, -0.2) is 49.5 Å². The minimum atomic E-state index is -4.47. The van der Waals surface area contributed by atoms with Gasteiger partial charge in [0.25, 0.3) is 15.9 Å². The average molecular weight is 468 g/mol. The summed E-state index contributed by atoms with van der Waals surface area (Å²) >= 11 is 6.23. The Morgan fingerprint density at radius 1 is 1.06 bits per heavy atom. The van der Waals surface area contributed by atoms with E-state index in [0.29, 0.717) is 10.7 Å². The fourth-order valence-electron chi connectivity index (χ4n) is 2.94.